The third-order valence-electron chi connectivity index (χ3n) is 4.16. The Morgan fingerprint density at radius 2 is 2.17 bits per heavy atom. The molecule has 5 nitrogen and oxygen atoms in total. The summed E-state index contributed by atoms with van der Waals surface area (Å²) in [6, 6.07) is 5.46. The number of halogens is 2. The van der Waals surface area contributed by atoms with Crippen molar-refractivity contribution >= 4 is 29.1 Å². The van der Waals surface area contributed by atoms with Gasteiger partial charge in [0.15, 0.2) is 0 Å². The van der Waals surface area contributed by atoms with Crippen molar-refractivity contribution in [2.45, 2.75) is 31.8 Å². The monoisotopic (exact) mass is 352 g/mol. The molecule has 0 spiro atoms. The highest BCUT2D eigenvalue weighted by atomic mass is 35.5. The predicted molar refractivity (Wildman–Crippen MR) is 91.3 cm³/mol. The number of carbonyl (C=O) groups is 1. The van der Waals surface area contributed by atoms with Gasteiger partial charge < -0.3 is 10.6 Å². The Hall–Kier alpha value is -1.56. The van der Waals surface area contributed by atoms with Gasteiger partial charge in [0.1, 0.15) is 0 Å². The number of piperidine rings is 1. The van der Waals surface area contributed by atoms with Crippen LogP contribution in [0.4, 0.5) is 0 Å². The second-order valence-corrected chi connectivity index (χ2v) is 6.74. The molecule has 1 saturated heterocycles. The highest BCUT2D eigenvalue weighted by molar-refractivity contribution is 6.35. The van der Waals surface area contributed by atoms with Gasteiger partial charge in [-0.25, -0.2) is 4.68 Å². The molecule has 23 heavy (non-hydrogen) atoms. The molecule has 2 N–H and O–H groups in total. The van der Waals surface area contributed by atoms with Crippen LogP contribution in [-0.4, -0.2) is 39.2 Å². The fraction of sp³-hybridized carbons (Fsp3) is 0.375. The Kier molecular flexibility index (Phi) is 4.62. The molecule has 0 bridgehead atoms. The Morgan fingerprint density at radius 3 is 2.87 bits per heavy atom. The standard InChI is InChI=1S/C16H18Cl2N4O/c1-10-6-13(19)4-5-21(10)16(23)11-8-20-22(9-11)15-3-2-12(17)7-14(15)18/h2-3,7-10,13H,4-6,19H2,1H3/t10-,13-/m1/s1. The second kappa shape index (κ2) is 6.51. The van der Waals surface area contributed by atoms with Crippen molar-refractivity contribution in [3.8, 4) is 5.69 Å². The van der Waals surface area contributed by atoms with E-state index in [2.05, 4.69) is 5.10 Å². The lowest BCUT2D eigenvalue weighted by Crippen LogP contribution is -2.48. The zero-order valence-electron chi connectivity index (χ0n) is 12.7. The lowest BCUT2D eigenvalue weighted by atomic mass is 9.98. The molecular weight excluding hydrogens is 335 g/mol. The summed E-state index contributed by atoms with van der Waals surface area (Å²) in [5.41, 5.74) is 7.18. The summed E-state index contributed by atoms with van der Waals surface area (Å²) in [5.74, 6) is -0.0271. The third-order valence-corrected chi connectivity index (χ3v) is 4.70. The van der Waals surface area contributed by atoms with Crippen LogP contribution >= 0.6 is 23.2 Å². The first-order valence-corrected chi connectivity index (χ1v) is 8.28. The largest absolute Gasteiger partial charge is 0.336 e. The van der Waals surface area contributed by atoms with Gasteiger partial charge >= 0.3 is 0 Å². The van der Waals surface area contributed by atoms with Crippen molar-refractivity contribution in [1.82, 2.24) is 14.7 Å². The average Bonchev–Trinajstić information content (AvgIpc) is 2.96. The second-order valence-electron chi connectivity index (χ2n) is 5.90. The Morgan fingerprint density at radius 1 is 1.39 bits per heavy atom. The lowest BCUT2D eigenvalue weighted by molar-refractivity contribution is 0.0619. The van der Waals surface area contributed by atoms with Crippen LogP contribution in [0.15, 0.2) is 30.6 Å². The molecule has 0 unspecified atom stereocenters. The number of hydrogen-bond donors (Lipinski definition) is 1. The molecule has 1 aromatic heterocycles. The lowest BCUT2D eigenvalue weighted by Gasteiger charge is -2.36. The summed E-state index contributed by atoms with van der Waals surface area (Å²) in [4.78, 5) is 14.5. The molecule has 122 valence electrons. The van der Waals surface area contributed by atoms with Crippen LogP contribution in [0.2, 0.25) is 10.0 Å². The van der Waals surface area contributed by atoms with Gasteiger partial charge in [0.2, 0.25) is 0 Å². The van der Waals surface area contributed by atoms with Crippen LogP contribution in [0.25, 0.3) is 5.69 Å². The Labute approximate surface area is 145 Å². The zero-order valence-corrected chi connectivity index (χ0v) is 14.3. The van der Waals surface area contributed by atoms with Gasteiger partial charge in [0.05, 0.1) is 22.5 Å². The first-order chi connectivity index (χ1) is 11.0. The summed E-state index contributed by atoms with van der Waals surface area (Å²) < 4.78 is 1.59. The maximum atomic E-state index is 12.7. The smallest absolute Gasteiger partial charge is 0.257 e. The highest BCUT2D eigenvalue weighted by Crippen LogP contribution is 2.25. The van der Waals surface area contributed by atoms with E-state index in [0.717, 1.165) is 12.8 Å². The molecule has 7 heteroatoms. The molecule has 0 aliphatic carbocycles. The molecule has 0 saturated carbocycles. The normalized spacial score (nSPS) is 21.5. The number of carbonyl (C=O) groups excluding carboxylic acids is 1. The van der Waals surface area contributed by atoms with Crippen molar-refractivity contribution in [1.29, 1.82) is 0 Å². The van der Waals surface area contributed by atoms with E-state index in [1.807, 2.05) is 11.8 Å². The van der Waals surface area contributed by atoms with Crippen LogP contribution < -0.4 is 5.73 Å². The first kappa shape index (κ1) is 16.3. The van der Waals surface area contributed by atoms with Gasteiger partial charge in [0, 0.05) is 29.8 Å². The maximum absolute atomic E-state index is 12.7. The molecule has 1 amide bonds. The summed E-state index contributed by atoms with van der Waals surface area (Å²) in [6.45, 7) is 2.70. The highest BCUT2D eigenvalue weighted by Gasteiger charge is 2.28. The fourth-order valence-corrected chi connectivity index (χ4v) is 3.40. The van der Waals surface area contributed by atoms with E-state index in [-0.39, 0.29) is 18.0 Å². The van der Waals surface area contributed by atoms with E-state index in [0.29, 0.717) is 27.8 Å². The van der Waals surface area contributed by atoms with Crippen LogP contribution in [-0.2, 0) is 0 Å². The van der Waals surface area contributed by atoms with Crippen molar-refractivity contribution in [3.63, 3.8) is 0 Å². The van der Waals surface area contributed by atoms with Crippen molar-refractivity contribution in [2.75, 3.05) is 6.54 Å². The van der Waals surface area contributed by atoms with Crippen LogP contribution in [0.3, 0.4) is 0 Å². The number of nitrogens with two attached hydrogens (primary N) is 1. The molecular formula is C16H18Cl2N4O. The van der Waals surface area contributed by atoms with Crippen molar-refractivity contribution in [3.05, 3.63) is 46.2 Å². The summed E-state index contributed by atoms with van der Waals surface area (Å²) in [7, 11) is 0. The van der Waals surface area contributed by atoms with E-state index in [4.69, 9.17) is 28.9 Å². The van der Waals surface area contributed by atoms with Crippen LogP contribution in [0.1, 0.15) is 30.1 Å². The predicted octanol–water partition coefficient (Wildman–Crippen LogP) is 3.13. The molecule has 1 fully saturated rings. The van der Waals surface area contributed by atoms with Crippen molar-refractivity contribution in [2.24, 2.45) is 5.73 Å². The van der Waals surface area contributed by atoms with Gasteiger partial charge in [-0.3, -0.25) is 4.79 Å². The van der Waals surface area contributed by atoms with Gasteiger partial charge in [0.25, 0.3) is 5.91 Å². The maximum Gasteiger partial charge on any atom is 0.257 e. The van der Waals surface area contributed by atoms with Crippen molar-refractivity contribution < 1.29 is 4.79 Å². The number of aromatic nitrogens is 2. The summed E-state index contributed by atoms with van der Waals surface area (Å²) >= 11 is 12.1. The molecule has 3 rings (SSSR count). The van der Waals surface area contributed by atoms with Gasteiger partial charge in [-0.05, 0) is 38.0 Å². The fourth-order valence-electron chi connectivity index (χ4n) is 2.91. The van der Waals surface area contributed by atoms with E-state index >= 15 is 0 Å². The Balaban J connectivity index is 1.82. The molecule has 1 aliphatic rings. The van der Waals surface area contributed by atoms with Crippen LogP contribution in [0, 0.1) is 0 Å². The van der Waals surface area contributed by atoms with Crippen LogP contribution in [0.5, 0.6) is 0 Å². The van der Waals surface area contributed by atoms with E-state index < -0.39 is 0 Å². The number of hydrogen-bond acceptors (Lipinski definition) is 3. The first-order valence-electron chi connectivity index (χ1n) is 7.52. The quantitative estimate of drug-likeness (QED) is 0.902. The minimum atomic E-state index is -0.0271. The zero-order chi connectivity index (χ0) is 16.6. The molecule has 1 aliphatic heterocycles. The SMILES string of the molecule is C[C@@H]1C[C@H](N)CCN1C(=O)c1cnn(-c2ccc(Cl)cc2Cl)c1. The minimum absolute atomic E-state index is 0.0271. The third kappa shape index (κ3) is 3.37. The number of nitrogens with zero attached hydrogens (tertiary/aromatic N) is 3. The van der Waals surface area contributed by atoms with E-state index in [9.17, 15) is 4.79 Å². The van der Waals surface area contributed by atoms with Gasteiger partial charge in [-0.15, -0.1) is 0 Å². The number of benzene rings is 1. The molecule has 2 heterocycles. The minimum Gasteiger partial charge on any atom is -0.336 e. The molecule has 2 aromatic rings. The summed E-state index contributed by atoms with van der Waals surface area (Å²) in [6.07, 6.45) is 4.91. The van der Waals surface area contributed by atoms with E-state index in [1.54, 1.807) is 35.3 Å². The molecule has 0 radical (unpaired) electrons. The van der Waals surface area contributed by atoms with Gasteiger partial charge in [-0.2, -0.15) is 5.10 Å². The average molecular weight is 353 g/mol. The Bertz CT molecular complexity index is 731. The van der Waals surface area contributed by atoms with Gasteiger partial charge in [-0.1, -0.05) is 23.2 Å². The number of likely N-dealkylation sites (tertiary alicyclic amines) is 1. The molecule has 2 atom stereocenters. The summed E-state index contributed by atoms with van der Waals surface area (Å²) in [5, 5.41) is 5.29. The number of amides is 1. The number of rotatable bonds is 2. The topological polar surface area (TPSA) is 64.2 Å². The molecule has 1 aromatic carbocycles. The van der Waals surface area contributed by atoms with E-state index in [1.165, 1.54) is 0 Å².